The standard InChI is InChI=1S/C24H35NO2Si/c1-19-9-11-20(12-10-19)8-7-17-28(5,6)22-15-13-21(14-16-22)18-25-23(26)27-24(2,3)4/h9-16H,7-8,17-18H2,1-6H3,(H,25,26). The van der Waals surface area contributed by atoms with Crippen LogP contribution in [0.3, 0.4) is 0 Å². The SMILES string of the molecule is Cc1ccc(CCC[Si](C)(C)c2ccc(CNC(=O)OC(C)(C)C)cc2)cc1. The molecule has 1 N–H and O–H groups in total. The molecule has 0 spiro atoms. The third-order valence-electron chi connectivity index (χ3n) is 4.96. The van der Waals surface area contributed by atoms with Crippen LogP contribution in [0.5, 0.6) is 0 Å². The highest BCUT2D eigenvalue weighted by Gasteiger charge is 2.22. The lowest BCUT2D eigenvalue weighted by Gasteiger charge is -2.23. The molecule has 3 nitrogen and oxygen atoms in total. The maximum atomic E-state index is 11.8. The van der Waals surface area contributed by atoms with E-state index in [-0.39, 0.29) is 6.09 Å². The smallest absolute Gasteiger partial charge is 0.407 e. The van der Waals surface area contributed by atoms with Crippen LogP contribution in [0.25, 0.3) is 0 Å². The van der Waals surface area contributed by atoms with Gasteiger partial charge >= 0.3 is 6.09 Å². The van der Waals surface area contributed by atoms with Crippen LogP contribution in [-0.4, -0.2) is 19.8 Å². The number of ether oxygens (including phenoxy) is 1. The average Bonchev–Trinajstić information content (AvgIpc) is 2.60. The fourth-order valence-corrected chi connectivity index (χ4v) is 5.61. The van der Waals surface area contributed by atoms with Gasteiger partial charge in [0.25, 0.3) is 0 Å². The molecule has 0 aliphatic rings. The Kier molecular flexibility index (Phi) is 7.47. The molecule has 0 atom stereocenters. The van der Waals surface area contributed by atoms with Crippen LogP contribution in [0.2, 0.25) is 19.1 Å². The van der Waals surface area contributed by atoms with Crippen molar-refractivity contribution in [3.63, 3.8) is 0 Å². The van der Waals surface area contributed by atoms with Crippen molar-refractivity contribution in [2.45, 2.75) is 71.8 Å². The number of carbonyl (C=O) groups excluding carboxylic acids is 1. The number of nitrogens with one attached hydrogen (secondary N) is 1. The number of rotatable bonds is 7. The van der Waals surface area contributed by atoms with Crippen molar-refractivity contribution in [3.8, 4) is 0 Å². The molecule has 28 heavy (non-hydrogen) atoms. The van der Waals surface area contributed by atoms with Crippen LogP contribution in [0.15, 0.2) is 48.5 Å². The molecule has 0 aromatic heterocycles. The molecule has 0 saturated heterocycles. The largest absolute Gasteiger partial charge is 0.444 e. The van der Waals surface area contributed by atoms with Crippen molar-refractivity contribution in [3.05, 3.63) is 65.2 Å². The van der Waals surface area contributed by atoms with Gasteiger partial charge in [0, 0.05) is 6.54 Å². The topological polar surface area (TPSA) is 38.3 Å². The van der Waals surface area contributed by atoms with Gasteiger partial charge in [0.05, 0.1) is 8.07 Å². The average molecular weight is 398 g/mol. The normalized spacial score (nSPS) is 11.9. The van der Waals surface area contributed by atoms with Crippen LogP contribution >= 0.6 is 0 Å². The second-order valence-electron chi connectivity index (χ2n) is 9.28. The molecule has 0 radical (unpaired) electrons. The molecule has 0 aliphatic heterocycles. The first kappa shape index (κ1) is 22.2. The van der Waals surface area contributed by atoms with E-state index < -0.39 is 13.7 Å². The predicted octanol–water partition coefficient (Wildman–Crippen LogP) is 5.57. The first-order valence-corrected chi connectivity index (χ1v) is 13.4. The maximum Gasteiger partial charge on any atom is 0.407 e. The number of hydrogen-bond acceptors (Lipinski definition) is 2. The van der Waals surface area contributed by atoms with Crippen molar-refractivity contribution in [2.24, 2.45) is 0 Å². The summed E-state index contributed by atoms with van der Waals surface area (Å²) in [6.07, 6.45) is 2.00. The van der Waals surface area contributed by atoms with E-state index in [1.807, 2.05) is 20.8 Å². The minimum Gasteiger partial charge on any atom is -0.444 e. The van der Waals surface area contributed by atoms with Gasteiger partial charge < -0.3 is 10.1 Å². The molecule has 0 unspecified atom stereocenters. The lowest BCUT2D eigenvalue weighted by molar-refractivity contribution is 0.0523. The van der Waals surface area contributed by atoms with Gasteiger partial charge in [-0.15, -0.1) is 0 Å². The van der Waals surface area contributed by atoms with E-state index in [9.17, 15) is 4.79 Å². The molecule has 1 amide bonds. The maximum absolute atomic E-state index is 11.8. The summed E-state index contributed by atoms with van der Waals surface area (Å²) >= 11 is 0. The van der Waals surface area contributed by atoms with Gasteiger partial charge in [-0.25, -0.2) is 4.79 Å². The molecule has 0 bridgehead atoms. The van der Waals surface area contributed by atoms with E-state index in [1.165, 1.54) is 28.8 Å². The molecule has 4 heteroatoms. The monoisotopic (exact) mass is 397 g/mol. The number of amides is 1. The van der Waals surface area contributed by atoms with Crippen molar-refractivity contribution >= 4 is 19.4 Å². The second-order valence-corrected chi connectivity index (χ2v) is 14.1. The molecule has 2 rings (SSSR count). The molecule has 2 aromatic carbocycles. The molecule has 0 aliphatic carbocycles. The highest BCUT2D eigenvalue weighted by Crippen LogP contribution is 2.16. The van der Waals surface area contributed by atoms with E-state index in [0.29, 0.717) is 6.54 Å². The summed E-state index contributed by atoms with van der Waals surface area (Å²) in [5.41, 5.74) is 3.38. The lowest BCUT2D eigenvalue weighted by Crippen LogP contribution is -2.41. The summed E-state index contributed by atoms with van der Waals surface area (Å²) in [4.78, 5) is 11.8. The van der Waals surface area contributed by atoms with Gasteiger partial charge in [0.1, 0.15) is 5.60 Å². The van der Waals surface area contributed by atoms with Gasteiger partial charge in [-0.2, -0.15) is 0 Å². The number of carbonyl (C=O) groups is 1. The Bertz CT molecular complexity index is 759. The van der Waals surface area contributed by atoms with E-state index in [4.69, 9.17) is 4.74 Å². The van der Waals surface area contributed by atoms with E-state index in [1.54, 1.807) is 0 Å². The molecule has 152 valence electrons. The summed E-state index contributed by atoms with van der Waals surface area (Å²) in [7, 11) is -1.46. The fraction of sp³-hybridized carbons (Fsp3) is 0.458. The van der Waals surface area contributed by atoms with Crippen LogP contribution < -0.4 is 10.5 Å². The summed E-state index contributed by atoms with van der Waals surface area (Å²) in [6, 6.07) is 18.9. The van der Waals surface area contributed by atoms with Gasteiger partial charge in [-0.05, 0) is 45.2 Å². The Labute approximate surface area is 171 Å². The first-order chi connectivity index (χ1) is 13.0. The Morgan fingerprint density at radius 2 is 1.54 bits per heavy atom. The highest BCUT2D eigenvalue weighted by atomic mass is 28.3. The van der Waals surface area contributed by atoms with E-state index >= 15 is 0 Å². The Balaban J connectivity index is 1.84. The molecule has 0 fully saturated rings. The Morgan fingerprint density at radius 1 is 0.964 bits per heavy atom. The fourth-order valence-electron chi connectivity index (χ4n) is 3.20. The third kappa shape index (κ3) is 7.51. The van der Waals surface area contributed by atoms with Crippen LogP contribution in [0.1, 0.15) is 43.9 Å². The van der Waals surface area contributed by atoms with Crippen molar-refractivity contribution in [1.82, 2.24) is 5.32 Å². The second kappa shape index (κ2) is 9.42. The van der Waals surface area contributed by atoms with Crippen molar-refractivity contribution in [2.75, 3.05) is 0 Å². The number of hydrogen-bond donors (Lipinski definition) is 1. The molecule has 0 saturated carbocycles. The zero-order valence-corrected chi connectivity index (χ0v) is 19.3. The summed E-state index contributed by atoms with van der Waals surface area (Å²) < 4.78 is 5.28. The molecule has 2 aromatic rings. The summed E-state index contributed by atoms with van der Waals surface area (Å²) in [5.74, 6) is 0. The molecular formula is C24H35NO2Si. The van der Waals surface area contributed by atoms with Gasteiger partial charge in [-0.3, -0.25) is 0 Å². The van der Waals surface area contributed by atoms with Gasteiger partial charge in [-0.1, -0.05) is 84.8 Å². The minimum absolute atomic E-state index is 0.373. The number of benzene rings is 2. The zero-order valence-electron chi connectivity index (χ0n) is 18.3. The third-order valence-corrected chi connectivity index (χ3v) is 8.46. The quantitative estimate of drug-likeness (QED) is 0.620. The van der Waals surface area contributed by atoms with Gasteiger partial charge in [0.2, 0.25) is 0 Å². The molecular weight excluding hydrogens is 362 g/mol. The molecule has 0 heterocycles. The highest BCUT2D eigenvalue weighted by molar-refractivity contribution is 6.89. The Morgan fingerprint density at radius 3 is 2.11 bits per heavy atom. The van der Waals surface area contributed by atoms with Crippen LogP contribution in [0.4, 0.5) is 4.79 Å². The summed E-state index contributed by atoms with van der Waals surface area (Å²) in [5, 5.41) is 4.29. The van der Waals surface area contributed by atoms with E-state index in [0.717, 1.165) is 12.0 Å². The number of alkyl carbamates (subject to hydrolysis) is 1. The van der Waals surface area contributed by atoms with Crippen LogP contribution in [0, 0.1) is 6.92 Å². The minimum atomic E-state index is -1.46. The lowest BCUT2D eigenvalue weighted by atomic mass is 10.1. The van der Waals surface area contributed by atoms with Crippen molar-refractivity contribution in [1.29, 1.82) is 0 Å². The first-order valence-electron chi connectivity index (χ1n) is 10.2. The predicted molar refractivity (Wildman–Crippen MR) is 121 cm³/mol. The summed E-state index contributed by atoms with van der Waals surface area (Å²) in [6.45, 7) is 13.1. The zero-order chi connectivity index (χ0) is 20.8. The van der Waals surface area contributed by atoms with Gasteiger partial charge in [0.15, 0.2) is 0 Å². The number of aryl methyl sites for hydroxylation is 2. The van der Waals surface area contributed by atoms with Crippen molar-refractivity contribution < 1.29 is 9.53 Å². The Hall–Kier alpha value is -2.07. The van der Waals surface area contributed by atoms with E-state index in [2.05, 4.69) is 73.9 Å². The van der Waals surface area contributed by atoms with Crippen LogP contribution in [-0.2, 0) is 17.7 Å².